The molecule has 2 unspecified atom stereocenters. The zero-order chi connectivity index (χ0) is 11.5. The Morgan fingerprint density at radius 2 is 2.31 bits per heavy atom. The van der Waals surface area contributed by atoms with Crippen LogP contribution in [0.5, 0.6) is 0 Å². The first kappa shape index (κ1) is 12.4. The quantitative estimate of drug-likeness (QED) is 0.895. The van der Waals surface area contributed by atoms with Crippen LogP contribution in [0.1, 0.15) is 35.0 Å². The Hall–Kier alpha value is -0.0600. The Kier molecular flexibility index (Phi) is 4.27. The van der Waals surface area contributed by atoms with Gasteiger partial charge in [-0.3, -0.25) is 0 Å². The summed E-state index contributed by atoms with van der Waals surface area (Å²) in [7, 11) is 0. The lowest BCUT2D eigenvalue weighted by Crippen LogP contribution is -2.28. The Morgan fingerprint density at radius 3 is 2.81 bits per heavy atom. The molecule has 90 valence electrons. The Labute approximate surface area is 106 Å². The molecule has 0 aromatic carbocycles. The lowest BCUT2D eigenvalue weighted by Gasteiger charge is -2.21. The van der Waals surface area contributed by atoms with Gasteiger partial charge in [0.2, 0.25) is 0 Å². The van der Waals surface area contributed by atoms with Crippen LogP contribution in [0.2, 0.25) is 0 Å². The molecule has 1 saturated heterocycles. The van der Waals surface area contributed by atoms with Crippen molar-refractivity contribution in [2.75, 3.05) is 18.1 Å². The number of rotatable bonds is 4. The largest absolute Gasteiger partial charge is 0.308 e. The van der Waals surface area contributed by atoms with Crippen molar-refractivity contribution in [2.24, 2.45) is 5.92 Å². The predicted octanol–water partition coefficient (Wildman–Crippen LogP) is 3.16. The zero-order valence-electron chi connectivity index (χ0n) is 10.2. The minimum absolute atomic E-state index is 0.484. The molecule has 1 aliphatic rings. The molecule has 1 fully saturated rings. The summed E-state index contributed by atoms with van der Waals surface area (Å²) in [6.07, 6.45) is 1.33. The van der Waals surface area contributed by atoms with E-state index in [0.717, 1.165) is 12.5 Å². The third kappa shape index (κ3) is 2.60. The smallest absolute Gasteiger partial charge is 0.110 e. The summed E-state index contributed by atoms with van der Waals surface area (Å²) < 4.78 is 0. The molecule has 16 heavy (non-hydrogen) atoms. The van der Waals surface area contributed by atoms with E-state index in [4.69, 9.17) is 4.98 Å². The first-order valence-electron chi connectivity index (χ1n) is 5.97. The van der Waals surface area contributed by atoms with Crippen molar-refractivity contribution in [3.8, 4) is 0 Å². The van der Waals surface area contributed by atoms with Crippen LogP contribution in [0.15, 0.2) is 0 Å². The Morgan fingerprint density at radius 1 is 1.50 bits per heavy atom. The van der Waals surface area contributed by atoms with Gasteiger partial charge in [0.25, 0.3) is 0 Å². The van der Waals surface area contributed by atoms with E-state index < -0.39 is 0 Å². The summed E-state index contributed by atoms with van der Waals surface area (Å²) in [5, 5.41) is 4.91. The molecule has 0 spiro atoms. The maximum absolute atomic E-state index is 4.72. The number of aromatic nitrogens is 1. The zero-order valence-corrected chi connectivity index (χ0v) is 11.9. The number of nitrogens with zero attached hydrogens (tertiary/aromatic N) is 1. The third-order valence-corrected chi connectivity index (χ3v) is 5.52. The van der Waals surface area contributed by atoms with Gasteiger partial charge in [-0.25, -0.2) is 4.98 Å². The van der Waals surface area contributed by atoms with E-state index in [-0.39, 0.29) is 0 Å². The van der Waals surface area contributed by atoms with Gasteiger partial charge in [-0.05, 0) is 44.2 Å². The lowest BCUT2D eigenvalue weighted by atomic mass is 10.00. The van der Waals surface area contributed by atoms with Crippen molar-refractivity contribution in [3.05, 3.63) is 15.6 Å². The summed E-state index contributed by atoms with van der Waals surface area (Å²) >= 11 is 3.95. The van der Waals surface area contributed by atoms with Crippen LogP contribution in [-0.2, 0) is 0 Å². The summed E-state index contributed by atoms with van der Waals surface area (Å²) in [5.74, 6) is 3.38. The van der Waals surface area contributed by atoms with Crippen LogP contribution < -0.4 is 5.32 Å². The molecule has 2 atom stereocenters. The highest BCUT2D eigenvalue weighted by molar-refractivity contribution is 7.99. The molecular weight excluding hydrogens is 236 g/mol. The normalized spacial score (nSPS) is 22.6. The van der Waals surface area contributed by atoms with Gasteiger partial charge in [-0.2, -0.15) is 11.8 Å². The summed E-state index contributed by atoms with van der Waals surface area (Å²) in [5.41, 5.74) is 1.20. The van der Waals surface area contributed by atoms with Crippen LogP contribution in [0, 0.1) is 19.8 Å². The molecule has 0 radical (unpaired) electrons. The van der Waals surface area contributed by atoms with Crippen LogP contribution >= 0.6 is 23.1 Å². The first-order chi connectivity index (χ1) is 7.72. The van der Waals surface area contributed by atoms with Crippen molar-refractivity contribution in [1.82, 2.24) is 10.3 Å². The second-order valence-corrected chi connectivity index (χ2v) is 6.74. The van der Waals surface area contributed by atoms with Crippen LogP contribution in [0.25, 0.3) is 0 Å². The standard InChI is InChI=1S/C12H20N2S2/c1-4-13-11(10-5-6-15-7-10)12-14-8(2)9(3)16-12/h10-11,13H,4-7H2,1-3H3. The molecule has 0 saturated carbocycles. The molecule has 1 N–H and O–H groups in total. The molecule has 2 heterocycles. The van der Waals surface area contributed by atoms with E-state index in [1.165, 1.54) is 33.5 Å². The highest BCUT2D eigenvalue weighted by Gasteiger charge is 2.28. The summed E-state index contributed by atoms with van der Waals surface area (Å²) in [6, 6.07) is 0.484. The molecule has 1 aliphatic heterocycles. The van der Waals surface area contributed by atoms with Gasteiger partial charge >= 0.3 is 0 Å². The molecule has 2 rings (SSSR count). The highest BCUT2D eigenvalue weighted by atomic mass is 32.2. The SMILES string of the molecule is CCNC(c1nc(C)c(C)s1)C1CCSC1. The maximum atomic E-state index is 4.72. The van der Waals surface area contributed by atoms with E-state index in [9.17, 15) is 0 Å². The molecule has 1 aromatic rings. The molecule has 1 aromatic heterocycles. The second kappa shape index (κ2) is 5.52. The van der Waals surface area contributed by atoms with Crippen molar-refractivity contribution in [3.63, 3.8) is 0 Å². The molecule has 0 aliphatic carbocycles. The third-order valence-electron chi connectivity index (χ3n) is 3.17. The van der Waals surface area contributed by atoms with Crippen LogP contribution in [0.4, 0.5) is 0 Å². The number of hydrogen-bond acceptors (Lipinski definition) is 4. The molecule has 0 amide bonds. The highest BCUT2D eigenvalue weighted by Crippen LogP contribution is 2.36. The number of nitrogens with one attached hydrogen (secondary N) is 1. The fourth-order valence-electron chi connectivity index (χ4n) is 2.12. The van der Waals surface area contributed by atoms with Crippen molar-refractivity contribution < 1.29 is 0 Å². The van der Waals surface area contributed by atoms with Crippen molar-refractivity contribution >= 4 is 23.1 Å². The van der Waals surface area contributed by atoms with Crippen LogP contribution in [-0.4, -0.2) is 23.0 Å². The van der Waals surface area contributed by atoms with Gasteiger partial charge in [0.1, 0.15) is 5.01 Å². The predicted molar refractivity (Wildman–Crippen MR) is 73.4 cm³/mol. The minimum Gasteiger partial charge on any atom is -0.308 e. The van der Waals surface area contributed by atoms with Gasteiger partial charge in [-0.15, -0.1) is 11.3 Å². The van der Waals surface area contributed by atoms with Gasteiger partial charge in [0.05, 0.1) is 11.7 Å². The van der Waals surface area contributed by atoms with E-state index in [1.807, 2.05) is 11.3 Å². The fourth-order valence-corrected chi connectivity index (χ4v) is 4.51. The van der Waals surface area contributed by atoms with Gasteiger partial charge < -0.3 is 5.32 Å². The molecule has 4 heteroatoms. The topological polar surface area (TPSA) is 24.9 Å². The minimum atomic E-state index is 0.484. The number of thiazole rings is 1. The molecular formula is C12H20N2S2. The van der Waals surface area contributed by atoms with Gasteiger partial charge in [-0.1, -0.05) is 6.92 Å². The fraction of sp³-hybridized carbons (Fsp3) is 0.750. The van der Waals surface area contributed by atoms with E-state index in [2.05, 4.69) is 37.8 Å². The van der Waals surface area contributed by atoms with Gasteiger partial charge in [0.15, 0.2) is 0 Å². The average molecular weight is 256 g/mol. The van der Waals surface area contributed by atoms with E-state index in [0.29, 0.717) is 6.04 Å². The van der Waals surface area contributed by atoms with Gasteiger partial charge in [0, 0.05) is 4.88 Å². The molecule has 2 nitrogen and oxygen atoms in total. The second-order valence-electron chi connectivity index (χ2n) is 4.35. The Bertz CT molecular complexity index is 323. The number of aryl methyl sites for hydroxylation is 2. The lowest BCUT2D eigenvalue weighted by molar-refractivity contribution is 0.400. The molecule has 0 bridgehead atoms. The van der Waals surface area contributed by atoms with Crippen molar-refractivity contribution in [2.45, 2.75) is 33.2 Å². The maximum Gasteiger partial charge on any atom is 0.110 e. The van der Waals surface area contributed by atoms with Crippen LogP contribution in [0.3, 0.4) is 0 Å². The van der Waals surface area contributed by atoms with Crippen molar-refractivity contribution in [1.29, 1.82) is 0 Å². The number of hydrogen-bond donors (Lipinski definition) is 1. The monoisotopic (exact) mass is 256 g/mol. The first-order valence-corrected chi connectivity index (χ1v) is 7.94. The average Bonchev–Trinajstić information content (AvgIpc) is 2.86. The van der Waals surface area contributed by atoms with E-state index >= 15 is 0 Å². The number of thioether (sulfide) groups is 1. The summed E-state index contributed by atoms with van der Waals surface area (Å²) in [6.45, 7) is 7.50. The summed E-state index contributed by atoms with van der Waals surface area (Å²) in [4.78, 5) is 6.08. The Balaban J connectivity index is 2.17. The van der Waals surface area contributed by atoms with E-state index in [1.54, 1.807) is 0 Å².